The molecule has 0 aliphatic heterocycles. The van der Waals surface area contributed by atoms with Gasteiger partial charge in [-0.25, -0.2) is 4.98 Å². The van der Waals surface area contributed by atoms with Crippen LogP contribution >= 0.6 is 0 Å². The van der Waals surface area contributed by atoms with Crippen LogP contribution in [0.3, 0.4) is 0 Å². The largest absolute Gasteiger partial charge is 0.441 e. The number of aryl methyl sites for hydroxylation is 1. The van der Waals surface area contributed by atoms with Crippen LogP contribution in [-0.4, -0.2) is 16.9 Å². The lowest BCUT2D eigenvalue weighted by atomic mass is 9.86. The maximum Gasteiger partial charge on any atom is 0.273 e. The van der Waals surface area contributed by atoms with E-state index in [9.17, 15) is 4.79 Å². The van der Waals surface area contributed by atoms with Gasteiger partial charge in [0, 0.05) is 11.6 Å². The van der Waals surface area contributed by atoms with Crippen LogP contribution in [-0.2, 0) is 0 Å². The highest BCUT2D eigenvalue weighted by atomic mass is 16.4. The van der Waals surface area contributed by atoms with Gasteiger partial charge in [0.1, 0.15) is 5.76 Å². The third-order valence-corrected chi connectivity index (χ3v) is 4.46. The minimum Gasteiger partial charge on any atom is -0.441 e. The van der Waals surface area contributed by atoms with Crippen molar-refractivity contribution >= 4 is 5.91 Å². The van der Waals surface area contributed by atoms with Crippen molar-refractivity contribution in [3.63, 3.8) is 0 Å². The molecular formula is C18H22N2O2. The Balaban J connectivity index is 1.77. The molecule has 0 spiro atoms. The van der Waals surface area contributed by atoms with Crippen molar-refractivity contribution in [1.82, 2.24) is 10.3 Å². The maximum atomic E-state index is 12.5. The van der Waals surface area contributed by atoms with Crippen LogP contribution in [0.15, 0.2) is 34.7 Å². The summed E-state index contributed by atoms with van der Waals surface area (Å²) in [4.78, 5) is 16.9. The summed E-state index contributed by atoms with van der Waals surface area (Å²) in [7, 11) is 0. The Kier molecular flexibility index (Phi) is 4.27. The van der Waals surface area contributed by atoms with E-state index in [0.717, 1.165) is 12.0 Å². The molecule has 116 valence electrons. The van der Waals surface area contributed by atoms with E-state index >= 15 is 0 Å². The second kappa shape index (κ2) is 6.34. The molecule has 2 aromatic rings. The molecule has 1 saturated carbocycles. The molecule has 0 bridgehead atoms. The summed E-state index contributed by atoms with van der Waals surface area (Å²) in [6.45, 7) is 3.99. The summed E-state index contributed by atoms with van der Waals surface area (Å²) >= 11 is 0. The third-order valence-electron chi connectivity index (χ3n) is 4.46. The summed E-state index contributed by atoms with van der Waals surface area (Å²) in [6.07, 6.45) is 4.67. The van der Waals surface area contributed by atoms with Gasteiger partial charge < -0.3 is 9.73 Å². The Morgan fingerprint density at radius 3 is 2.68 bits per heavy atom. The average Bonchev–Trinajstić information content (AvgIpc) is 2.92. The number of nitrogens with one attached hydrogen (secondary N) is 1. The summed E-state index contributed by atoms with van der Waals surface area (Å²) in [5.74, 6) is 1.47. The van der Waals surface area contributed by atoms with Crippen molar-refractivity contribution in [2.45, 2.75) is 45.6 Å². The number of carbonyl (C=O) groups excluding carboxylic acids is 1. The van der Waals surface area contributed by atoms with Gasteiger partial charge in [-0.1, -0.05) is 38.0 Å². The summed E-state index contributed by atoms with van der Waals surface area (Å²) < 4.78 is 5.67. The standard InChI is InChI=1S/C18H22N2O2/c1-12-8-6-7-11-15(12)19-17(21)16-13(2)22-18(20-16)14-9-4-3-5-10-14/h3-5,9-10,12,15H,6-8,11H2,1-2H3,(H,19,21). The Morgan fingerprint density at radius 1 is 1.23 bits per heavy atom. The van der Waals surface area contributed by atoms with Crippen molar-refractivity contribution in [1.29, 1.82) is 0 Å². The van der Waals surface area contributed by atoms with Gasteiger partial charge in [0.25, 0.3) is 5.91 Å². The monoisotopic (exact) mass is 298 g/mol. The highest BCUT2D eigenvalue weighted by Crippen LogP contribution is 2.25. The van der Waals surface area contributed by atoms with Gasteiger partial charge >= 0.3 is 0 Å². The average molecular weight is 298 g/mol. The first kappa shape index (κ1) is 14.8. The molecular weight excluding hydrogens is 276 g/mol. The van der Waals surface area contributed by atoms with Gasteiger partial charge in [-0.3, -0.25) is 4.79 Å². The van der Waals surface area contributed by atoms with Gasteiger partial charge in [-0.05, 0) is 37.8 Å². The molecule has 0 radical (unpaired) electrons. The van der Waals surface area contributed by atoms with Crippen LogP contribution in [0.25, 0.3) is 11.5 Å². The lowest BCUT2D eigenvalue weighted by molar-refractivity contribution is 0.0904. The second-order valence-electron chi connectivity index (χ2n) is 6.13. The van der Waals surface area contributed by atoms with Crippen molar-refractivity contribution in [3.05, 3.63) is 41.8 Å². The molecule has 0 saturated heterocycles. The van der Waals surface area contributed by atoms with Gasteiger partial charge in [0.15, 0.2) is 5.69 Å². The highest BCUT2D eigenvalue weighted by Gasteiger charge is 2.25. The molecule has 1 aliphatic carbocycles. The summed E-state index contributed by atoms with van der Waals surface area (Å²) in [5, 5.41) is 3.13. The fourth-order valence-electron chi connectivity index (χ4n) is 3.08. The lowest BCUT2D eigenvalue weighted by Gasteiger charge is -2.29. The number of aromatic nitrogens is 1. The quantitative estimate of drug-likeness (QED) is 0.933. The first-order valence-electron chi connectivity index (χ1n) is 7.99. The molecule has 1 heterocycles. The first-order chi connectivity index (χ1) is 10.6. The van der Waals surface area contributed by atoms with Gasteiger partial charge in [0.05, 0.1) is 0 Å². The summed E-state index contributed by atoms with van der Waals surface area (Å²) in [5.41, 5.74) is 1.28. The second-order valence-corrected chi connectivity index (χ2v) is 6.13. The topological polar surface area (TPSA) is 55.1 Å². The molecule has 4 nitrogen and oxygen atoms in total. The van der Waals surface area contributed by atoms with E-state index < -0.39 is 0 Å². The Labute approximate surface area is 130 Å². The predicted octanol–water partition coefficient (Wildman–Crippen LogP) is 3.96. The maximum absolute atomic E-state index is 12.5. The normalized spacial score (nSPS) is 21.5. The van der Waals surface area contributed by atoms with Gasteiger partial charge in [-0.15, -0.1) is 0 Å². The molecule has 1 amide bonds. The van der Waals surface area contributed by atoms with E-state index in [2.05, 4.69) is 17.2 Å². The number of hydrogen-bond donors (Lipinski definition) is 1. The van der Waals surface area contributed by atoms with Gasteiger partial charge in [0.2, 0.25) is 5.89 Å². The number of hydrogen-bond acceptors (Lipinski definition) is 3. The van der Waals surface area contributed by atoms with Crippen LogP contribution in [0, 0.1) is 12.8 Å². The van der Waals surface area contributed by atoms with E-state index in [4.69, 9.17) is 4.42 Å². The molecule has 2 unspecified atom stereocenters. The fraction of sp³-hybridized carbons (Fsp3) is 0.444. The molecule has 1 N–H and O–H groups in total. The van der Waals surface area contributed by atoms with Crippen molar-refractivity contribution in [2.75, 3.05) is 0 Å². The number of oxazole rings is 1. The first-order valence-corrected chi connectivity index (χ1v) is 7.99. The Morgan fingerprint density at radius 2 is 1.95 bits per heavy atom. The number of benzene rings is 1. The highest BCUT2D eigenvalue weighted by molar-refractivity contribution is 5.93. The Bertz CT molecular complexity index is 648. The van der Waals surface area contributed by atoms with Crippen molar-refractivity contribution < 1.29 is 9.21 Å². The zero-order valence-corrected chi connectivity index (χ0v) is 13.1. The van der Waals surface area contributed by atoms with Crippen LogP contribution < -0.4 is 5.32 Å². The molecule has 1 aliphatic rings. The molecule has 3 rings (SSSR count). The molecule has 1 aromatic heterocycles. The minimum atomic E-state index is -0.123. The van der Waals surface area contributed by atoms with Crippen molar-refractivity contribution in [2.24, 2.45) is 5.92 Å². The van der Waals surface area contributed by atoms with Crippen LogP contribution in [0.1, 0.15) is 48.9 Å². The van der Waals surface area contributed by atoms with E-state index in [1.54, 1.807) is 6.92 Å². The number of nitrogens with zero attached hydrogens (tertiary/aromatic N) is 1. The van der Waals surface area contributed by atoms with E-state index in [1.807, 2.05) is 30.3 Å². The fourth-order valence-corrected chi connectivity index (χ4v) is 3.08. The number of amides is 1. The van der Waals surface area contributed by atoms with E-state index in [-0.39, 0.29) is 11.9 Å². The molecule has 22 heavy (non-hydrogen) atoms. The van der Waals surface area contributed by atoms with E-state index in [0.29, 0.717) is 23.3 Å². The molecule has 1 fully saturated rings. The van der Waals surface area contributed by atoms with Crippen molar-refractivity contribution in [3.8, 4) is 11.5 Å². The molecule has 2 atom stereocenters. The number of rotatable bonds is 3. The lowest BCUT2D eigenvalue weighted by Crippen LogP contribution is -2.41. The van der Waals surface area contributed by atoms with Gasteiger partial charge in [-0.2, -0.15) is 0 Å². The zero-order chi connectivity index (χ0) is 15.5. The zero-order valence-electron chi connectivity index (χ0n) is 13.1. The Hall–Kier alpha value is -2.10. The third kappa shape index (κ3) is 3.06. The number of carbonyl (C=O) groups is 1. The molecule has 1 aromatic carbocycles. The summed E-state index contributed by atoms with van der Waals surface area (Å²) in [6, 6.07) is 9.90. The minimum absolute atomic E-state index is 0.123. The van der Waals surface area contributed by atoms with Crippen LogP contribution in [0.4, 0.5) is 0 Å². The molecule has 4 heteroatoms. The SMILES string of the molecule is Cc1oc(-c2ccccc2)nc1C(=O)NC1CCCCC1C. The van der Waals surface area contributed by atoms with Crippen LogP contribution in [0.2, 0.25) is 0 Å². The van der Waals surface area contributed by atoms with E-state index in [1.165, 1.54) is 19.3 Å². The smallest absolute Gasteiger partial charge is 0.273 e. The van der Waals surface area contributed by atoms with Crippen LogP contribution in [0.5, 0.6) is 0 Å². The predicted molar refractivity (Wildman–Crippen MR) is 85.6 cm³/mol.